The number of hydrogen-bond donors (Lipinski definition) is 1. The fourth-order valence-corrected chi connectivity index (χ4v) is 7.84. The standard InChI is InChI=1S/C45H39NO/c1-29-13-7-6-8-15-31-19-21-32(27-39(31)44(29,2)3)46(33-22-24-36-35-17-11-12-18-38(35)45(4,5)40(36)28-33)41-25-26-42(47)43-34-16-10-9-14-30(34)20-23-37(41)43/h6-14,16-28,47H,1,15H2,2-5H3/b8-6-,13-7-. The van der Waals surface area contributed by atoms with E-state index >= 15 is 0 Å². The number of fused-ring (bicyclic) bond motifs is 7. The van der Waals surface area contributed by atoms with Crippen LogP contribution < -0.4 is 4.90 Å². The van der Waals surface area contributed by atoms with E-state index < -0.39 is 0 Å². The number of benzene rings is 6. The van der Waals surface area contributed by atoms with Crippen molar-refractivity contribution in [3.05, 3.63) is 168 Å². The monoisotopic (exact) mass is 609 g/mol. The van der Waals surface area contributed by atoms with Gasteiger partial charge in [-0.05, 0) is 92.5 Å². The lowest BCUT2D eigenvalue weighted by molar-refractivity contribution is 0.482. The highest BCUT2D eigenvalue weighted by molar-refractivity contribution is 6.15. The van der Waals surface area contributed by atoms with Gasteiger partial charge in [0.2, 0.25) is 0 Å². The number of anilines is 3. The molecule has 0 saturated heterocycles. The number of phenolic OH excluding ortho intramolecular Hbond substituents is 1. The van der Waals surface area contributed by atoms with E-state index in [1.807, 2.05) is 18.2 Å². The van der Waals surface area contributed by atoms with E-state index in [4.69, 9.17) is 0 Å². The Morgan fingerprint density at radius 2 is 1.36 bits per heavy atom. The van der Waals surface area contributed by atoms with Crippen molar-refractivity contribution in [2.75, 3.05) is 4.90 Å². The first-order valence-electron chi connectivity index (χ1n) is 16.5. The zero-order chi connectivity index (χ0) is 32.5. The largest absolute Gasteiger partial charge is 0.507 e. The average molecular weight is 610 g/mol. The molecule has 0 aliphatic heterocycles. The zero-order valence-corrected chi connectivity index (χ0v) is 27.5. The molecule has 1 N–H and O–H groups in total. The average Bonchev–Trinajstić information content (AvgIpc) is 3.33. The lowest BCUT2D eigenvalue weighted by Gasteiger charge is -2.33. The van der Waals surface area contributed by atoms with Gasteiger partial charge in [0.15, 0.2) is 0 Å². The van der Waals surface area contributed by atoms with Crippen LogP contribution in [-0.4, -0.2) is 5.11 Å². The first-order valence-corrected chi connectivity index (χ1v) is 16.5. The molecule has 0 unspecified atom stereocenters. The van der Waals surface area contributed by atoms with Gasteiger partial charge in [0.25, 0.3) is 0 Å². The summed E-state index contributed by atoms with van der Waals surface area (Å²) in [5.41, 5.74) is 11.7. The van der Waals surface area contributed by atoms with Crippen LogP contribution in [0.2, 0.25) is 0 Å². The first kappa shape index (κ1) is 29.1. The quantitative estimate of drug-likeness (QED) is 0.202. The predicted molar refractivity (Wildman–Crippen MR) is 200 cm³/mol. The Hall–Kier alpha value is -5.34. The fraction of sp³-hybridized carbons (Fsp3) is 0.156. The van der Waals surface area contributed by atoms with Crippen LogP contribution in [0.3, 0.4) is 0 Å². The van der Waals surface area contributed by atoms with Gasteiger partial charge in [-0.25, -0.2) is 0 Å². The summed E-state index contributed by atoms with van der Waals surface area (Å²) in [6.07, 6.45) is 9.43. The highest BCUT2D eigenvalue weighted by Crippen LogP contribution is 2.52. The van der Waals surface area contributed by atoms with Crippen LogP contribution >= 0.6 is 0 Å². The first-order chi connectivity index (χ1) is 22.7. The second-order valence-corrected chi connectivity index (χ2v) is 14.0. The second kappa shape index (κ2) is 10.6. The van der Waals surface area contributed by atoms with Crippen molar-refractivity contribution in [2.24, 2.45) is 0 Å². The van der Waals surface area contributed by atoms with Crippen LogP contribution in [0.1, 0.15) is 49.9 Å². The third-order valence-electron chi connectivity index (χ3n) is 10.6. The van der Waals surface area contributed by atoms with Gasteiger partial charge in [0, 0.05) is 33.0 Å². The van der Waals surface area contributed by atoms with Crippen molar-refractivity contribution >= 4 is 38.6 Å². The van der Waals surface area contributed by atoms with Gasteiger partial charge >= 0.3 is 0 Å². The van der Waals surface area contributed by atoms with E-state index in [-0.39, 0.29) is 16.6 Å². The van der Waals surface area contributed by atoms with Gasteiger partial charge in [-0.3, -0.25) is 0 Å². The summed E-state index contributed by atoms with van der Waals surface area (Å²) in [5.74, 6) is 0.288. The number of nitrogens with zero attached hydrogens (tertiary/aromatic N) is 1. The molecule has 0 bridgehead atoms. The molecule has 0 spiro atoms. The van der Waals surface area contributed by atoms with Crippen LogP contribution in [0.15, 0.2) is 146 Å². The van der Waals surface area contributed by atoms with Crippen molar-refractivity contribution in [1.82, 2.24) is 0 Å². The van der Waals surface area contributed by atoms with Crippen molar-refractivity contribution in [1.29, 1.82) is 0 Å². The van der Waals surface area contributed by atoms with Gasteiger partial charge in [0.1, 0.15) is 5.75 Å². The minimum absolute atomic E-state index is 0.135. The Kier molecular flexibility index (Phi) is 6.56. The summed E-state index contributed by atoms with van der Waals surface area (Å²) in [7, 11) is 0. The van der Waals surface area contributed by atoms with Gasteiger partial charge in [-0.2, -0.15) is 0 Å². The van der Waals surface area contributed by atoms with E-state index in [0.717, 1.165) is 50.6 Å². The molecule has 2 heteroatoms. The fourth-order valence-electron chi connectivity index (χ4n) is 7.84. The minimum Gasteiger partial charge on any atom is -0.507 e. The molecule has 0 amide bonds. The van der Waals surface area contributed by atoms with E-state index in [9.17, 15) is 5.11 Å². The molecule has 0 saturated carbocycles. The third-order valence-corrected chi connectivity index (χ3v) is 10.6. The molecule has 8 rings (SSSR count). The Morgan fingerprint density at radius 3 is 2.21 bits per heavy atom. The maximum Gasteiger partial charge on any atom is 0.124 e. The van der Waals surface area contributed by atoms with Gasteiger partial charge in [-0.15, -0.1) is 0 Å². The Balaban J connectivity index is 1.41. The SMILES string of the molecule is C=C1/C=C\C=C/Cc2ccc(N(c3ccc4c(c3)C(C)(C)c3ccccc3-4)c3ccc(O)c4c3ccc3ccccc34)cc2C1(C)C. The molecule has 2 aliphatic carbocycles. The van der Waals surface area contributed by atoms with Crippen molar-refractivity contribution in [3.8, 4) is 16.9 Å². The number of hydrogen-bond acceptors (Lipinski definition) is 2. The summed E-state index contributed by atoms with van der Waals surface area (Å²) in [6.45, 7) is 13.7. The maximum atomic E-state index is 11.3. The van der Waals surface area contributed by atoms with Crippen LogP contribution in [0.4, 0.5) is 17.1 Å². The molecule has 0 atom stereocenters. The third kappa shape index (κ3) is 4.47. The molecule has 47 heavy (non-hydrogen) atoms. The molecular formula is C45H39NO. The molecule has 6 aromatic rings. The number of phenols is 1. The highest BCUT2D eigenvalue weighted by Gasteiger charge is 2.36. The smallest absolute Gasteiger partial charge is 0.124 e. The van der Waals surface area contributed by atoms with Crippen LogP contribution in [0.5, 0.6) is 5.75 Å². The minimum atomic E-state index is -0.270. The van der Waals surface area contributed by atoms with E-state index in [1.54, 1.807) is 0 Å². The summed E-state index contributed by atoms with van der Waals surface area (Å²) in [4.78, 5) is 2.38. The molecule has 0 aromatic heterocycles. The zero-order valence-electron chi connectivity index (χ0n) is 27.5. The summed E-state index contributed by atoms with van der Waals surface area (Å²) in [6, 6.07) is 39.2. The second-order valence-electron chi connectivity index (χ2n) is 14.0. The van der Waals surface area contributed by atoms with E-state index in [0.29, 0.717) is 0 Å². The van der Waals surface area contributed by atoms with Gasteiger partial charge < -0.3 is 10.0 Å². The van der Waals surface area contributed by atoms with Crippen molar-refractivity contribution in [2.45, 2.75) is 44.9 Å². The number of allylic oxidation sites excluding steroid dienone is 5. The molecular weight excluding hydrogens is 571 g/mol. The Bertz CT molecular complexity index is 2320. The van der Waals surface area contributed by atoms with Crippen LogP contribution in [0, 0.1) is 0 Å². The number of rotatable bonds is 3. The lowest BCUT2D eigenvalue weighted by atomic mass is 9.75. The van der Waals surface area contributed by atoms with Gasteiger partial charge in [-0.1, -0.05) is 131 Å². The molecule has 0 radical (unpaired) electrons. The molecule has 230 valence electrons. The van der Waals surface area contributed by atoms with E-state index in [1.165, 1.54) is 33.4 Å². The van der Waals surface area contributed by atoms with Crippen molar-refractivity contribution in [3.63, 3.8) is 0 Å². The summed E-state index contributed by atoms with van der Waals surface area (Å²) >= 11 is 0. The maximum absolute atomic E-state index is 11.3. The van der Waals surface area contributed by atoms with Crippen LogP contribution in [0.25, 0.3) is 32.7 Å². The van der Waals surface area contributed by atoms with Gasteiger partial charge in [0.05, 0.1) is 5.69 Å². The number of aromatic hydroxyl groups is 1. The Morgan fingerprint density at radius 1 is 0.638 bits per heavy atom. The normalized spacial score (nSPS) is 17.2. The van der Waals surface area contributed by atoms with E-state index in [2.05, 4.69) is 154 Å². The molecule has 2 nitrogen and oxygen atoms in total. The lowest BCUT2D eigenvalue weighted by Crippen LogP contribution is -2.22. The molecule has 0 fully saturated rings. The molecule has 0 heterocycles. The van der Waals surface area contributed by atoms with Crippen molar-refractivity contribution < 1.29 is 5.11 Å². The predicted octanol–water partition coefficient (Wildman–Crippen LogP) is 12.0. The summed E-state index contributed by atoms with van der Waals surface area (Å²) in [5, 5.41) is 15.3. The highest BCUT2D eigenvalue weighted by atomic mass is 16.3. The summed E-state index contributed by atoms with van der Waals surface area (Å²) < 4.78 is 0. The Labute approximate surface area is 277 Å². The molecule has 6 aromatic carbocycles. The topological polar surface area (TPSA) is 23.5 Å². The van der Waals surface area contributed by atoms with Crippen LogP contribution in [-0.2, 0) is 17.3 Å². The molecule has 2 aliphatic rings.